The van der Waals surface area contributed by atoms with E-state index in [9.17, 15) is 0 Å². The van der Waals surface area contributed by atoms with Gasteiger partial charge in [-0.3, -0.25) is 0 Å². The first-order valence-electron chi connectivity index (χ1n) is 10.9. The summed E-state index contributed by atoms with van der Waals surface area (Å²) in [5.41, 5.74) is 3.08. The van der Waals surface area contributed by atoms with Gasteiger partial charge in [-0.15, -0.1) is 0 Å². The van der Waals surface area contributed by atoms with Crippen molar-refractivity contribution in [2.75, 3.05) is 0 Å². The van der Waals surface area contributed by atoms with E-state index in [0.717, 1.165) is 4.47 Å². The van der Waals surface area contributed by atoms with E-state index in [1.54, 1.807) is 24.3 Å². The van der Waals surface area contributed by atoms with E-state index in [1.165, 1.54) is 11.1 Å². The Morgan fingerprint density at radius 2 is 0.722 bits per heavy atom. The van der Waals surface area contributed by atoms with Gasteiger partial charge in [0, 0.05) is 69.9 Å². The molecule has 2 radical (unpaired) electrons. The van der Waals surface area contributed by atoms with Crippen molar-refractivity contribution in [2.45, 2.75) is 27.7 Å². The number of halogens is 1. The average Bonchev–Trinajstić information content (AvgIpc) is 2.89. The molecule has 0 heterocycles. The first kappa shape index (κ1) is 45.5. The minimum absolute atomic E-state index is 0. The summed E-state index contributed by atoms with van der Waals surface area (Å²) in [4.78, 5) is 0. The third-order valence-corrected chi connectivity index (χ3v) is 4.24. The van der Waals surface area contributed by atoms with Crippen LogP contribution in [0.25, 0.3) is 11.1 Å². The largest absolute Gasteiger partial charge is 0.488 e. The summed E-state index contributed by atoms with van der Waals surface area (Å²) in [5, 5.41) is 17.2. The van der Waals surface area contributed by atoms with Gasteiger partial charge in [0.15, 0.2) is 0 Å². The molecule has 4 aromatic carbocycles. The predicted octanol–water partition coefficient (Wildman–Crippen LogP) is 8.12. The molecule has 0 atom stereocenters. The fraction of sp³-hybridized carbons (Fsp3) is 0.133. The standard InChI is InChI=1S/C12H10.C6H7BO2.C6H5Br.2C2H6.2CH3.2Y/c1-3-7-11(8-4-1)12-9-5-2-6-10-12;8-7(9)6-4-2-1-3-5-6;7-6-4-2-1-3-5-6;2*1-2;;;;/h1-10H;1-5,8-9H;1-5H;2*1-2H3;2*1H3;;/q;;;;;2*-1;;. The molecule has 6 heteroatoms. The summed E-state index contributed by atoms with van der Waals surface area (Å²) in [6.07, 6.45) is 0. The molecule has 36 heavy (non-hydrogen) atoms. The Morgan fingerprint density at radius 1 is 0.472 bits per heavy atom. The molecule has 0 aromatic heterocycles. The Kier molecular flexibility index (Phi) is 41.2. The number of rotatable bonds is 2. The van der Waals surface area contributed by atoms with E-state index in [2.05, 4.69) is 64.5 Å². The molecule has 4 rings (SSSR count). The van der Waals surface area contributed by atoms with Crippen LogP contribution in [-0.4, -0.2) is 17.2 Å². The van der Waals surface area contributed by atoms with E-state index in [-0.39, 0.29) is 80.3 Å². The van der Waals surface area contributed by atoms with Gasteiger partial charge in [-0.1, -0.05) is 153 Å². The van der Waals surface area contributed by atoms with Gasteiger partial charge < -0.3 is 24.9 Å². The molecule has 2 nitrogen and oxygen atoms in total. The van der Waals surface area contributed by atoms with Gasteiger partial charge >= 0.3 is 7.12 Å². The molecule has 0 saturated heterocycles. The second-order valence-electron chi connectivity index (χ2n) is 5.81. The van der Waals surface area contributed by atoms with Crippen molar-refractivity contribution in [3.8, 4) is 11.1 Å². The van der Waals surface area contributed by atoms with Crippen molar-refractivity contribution in [3.63, 3.8) is 0 Å². The van der Waals surface area contributed by atoms with Crippen LogP contribution in [0.4, 0.5) is 0 Å². The van der Waals surface area contributed by atoms with E-state index >= 15 is 0 Å². The normalized spacial score (nSPS) is 7.53. The minimum atomic E-state index is -1.34. The van der Waals surface area contributed by atoms with Crippen molar-refractivity contribution >= 4 is 28.5 Å². The zero-order valence-electron chi connectivity index (χ0n) is 22.6. The summed E-state index contributed by atoms with van der Waals surface area (Å²) < 4.78 is 1.13. The predicted molar refractivity (Wildman–Crippen MR) is 158 cm³/mol. The van der Waals surface area contributed by atoms with Crippen LogP contribution in [0.2, 0.25) is 0 Å². The quantitative estimate of drug-likeness (QED) is 0.164. The Balaban J connectivity index is -0.000000121. The monoisotopic (exact) mass is 700 g/mol. The Labute approximate surface area is 280 Å². The van der Waals surface area contributed by atoms with E-state index < -0.39 is 7.12 Å². The molecule has 0 aliphatic rings. The van der Waals surface area contributed by atoms with Crippen LogP contribution >= 0.6 is 15.9 Å². The summed E-state index contributed by atoms with van der Waals surface area (Å²) in [5.74, 6) is 0. The molecule has 0 fully saturated rings. The number of benzene rings is 4. The summed E-state index contributed by atoms with van der Waals surface area (Å²) in [6.45, 7) is 8.00. The van der Waals surface area contributed by atoms with Gasteiger partial charge in [0.1, 0.15) is 0 Å². The van der Waals surface area contributed by atoms with E-state index in [1.807, 2.05) is 76.2 Å². The maximum Gasteiger partial charge on any atom is 0.488 e. The van der Waals surface area contributed by atoms with Crippen LogP contribution in [0.3, 0.4) is 0 Å². The topological polar surface area (TPSA) is 40.5 Å². The van der Waals surface area contributed by atoms with Gasteiger partial charge in [0.05, 0.1) is 0 Å². The smallest absolute Gasteiger partial charge is 0.423 e. The first-order chi connectivity index (χ1) is 15.7. The van der Waals surface area contributed by atoms with Gasteiger partial charge in [-0.2, -0.15) is 0 Å². The SMILES string of the molecule is Brc1ccccc1.CC.CC.OB(O)c1ccccc1.[CH3-].[CH3-].[Y].[Y].c1ccc(-c2ccccc2)cc1. The van der Waals surface area contributed by atoms with Crippen LogP contribution in [0.1, 0.15) is 27.7 Å². The van der Waals surface area contributed by atoms with Crippen LogP contribution in [0, 0.1) is 14.9 Å². The molecule has 0 amide bonds. The number of hydrogen-bond acceptors (Lipinski definition) is 2. The van der Waals surface area contributed by atoms with Gasteiger partial charge in [0.25, 0.3) is 0 Å². The molecular weight excluding hydrogens is 661 g/mol. The third-order valence-electron chi connectivity index (χ3n) is 3.71. The maximum atomic E-state index is 8.58. The summed E-state index contributed by atoms with van der Waals surface area (Å²) >= 11 is 3.31. The van der Waals surface area contributed by atoms with Crippen LogP contribution < -0.4 is 5.46 Å². The van der Waals surface area contributed by atoms with E-state index in [4.69, 9.17) is 10.0 Å². The van der Waals surface area contributed by atoms with Crippen molar-refractivity contribution in [1.29, 1.82) is 0 Å². The number of hydrogen-bond donors (Lipinski definition) is 2. The van der Waals surface area contributed by atoms with Gasteiger partial charge in [-0.05, 0) is 28.7 Å². The molecule has 190 valence electrons. The minimum Gasteiger partial charge on any atom is -0.423 e. The van der Waals surface area contributed by atoms with Crippen LogP contribution in [-0.2, 0) is 65.4 Å². The molecule has 0 bridgehead atoms. The average molecular weight is 701 g/mol. The fourth-order valence-corrected chi connectivity index (χ4v) is 2.61. The molecule has 2 N–H and O–H groups in total. The maximum absolute atomic E-state index is 8.58. The van der Waals surface area contributed by atoms with Crippen molar-refractivity contribution in [2.24, 2.45) is 0 Å². The van der Waals surface area contributed by atoms with Crippen molar-refractivity contribution < 1.29 is 75.5 Å². The summed E-state index contributed by atoms with van der Waals surface area (Å²) in [7, 11) is -1.34. The second kappa shape index (κ2) is 32.6. The van der Waals surface area contributed by atoms with E-state index in [0.29, 0.717) is 5.46 Å². The molecule has 0 saturated carbocycles. The van der Waals surface area contributed by atoms with Crippen molar-refractivity contribution in [3.05, 3.63) is 141 Å². The molecule has 4 aromatic rings. The fourth-order valence-electron chi connectivity index (χ4n) is 2.30. The molecule has 0 spiro atoms. The molecule has 0 aliphatic carbocycles. The van der Waals surface area contributed by atoms with Gasteiger partial charge in [-0.25, -0.2) is 0 Å². The summed E-state index contributed by atoms with van der Waals surface area (Å²) in [6, 6.07) is 39.4. The molecule has 0 unspecified atom stereocenters. The van der Waals surface area contributed by atoms with Gasteiger partial charge in [0.2, 0.25) is 0 Å². The Morgan fingerprint density at radius 3 is 0.917 bits per heavy atom. The zero-order valence-corrected chi connectivity index (χ0v) is 29.8. The van der Waals surface area contributed by atoms with Crippen LogP contribution in [0.5, 0.6) is 0 Å². The molecular formula is C30H40BBrO2Y2-2. The van der Waals surface area contributed by atoms with Crippen LogP contribution in [0.15, 0.2) is 126 Å². The molecule has 0 aliphatic heterocycles. The third kappa shape index (κ3) is 22.7. The second-order valence-corrected chi connectivity index (χ2v) is 6.73. The Hall–Kier alpha value is -0.447. The first-order valence-corrected chi connectivity index (χ1v) is 11.7. The van der Waals surface area contributed by atoms with Crippen molar-refractivity contribution in [1.82, 2.24) is 0 Å². The Bertz CT molecular complexity index is 861. The zero-order chi connectivity index (χ0) is 24.0.